The van der Waals surface area contributed by atoms with Crippen LogP contribution in [0.2, 0.25) is 0 Å². The third-order valence-corrected chi connectivity index (χ3v) is 4.80. The van der Waals surface area contributed by atoms with Gasteiger partial charge in [0.25, 0.3) is 5.91 Å². The maximum Gasteiger partial charge on any atom is 0.343 e. The molecular weight excluding hydrogens is 420 g/mol. The number of esters is 1. The highest BCUT2D eigenvalue weighted by atomic mass is 16.6. The van der Waals surface area contributed by atoms with Gasteiger partial charge in [-0.3, -0.25) is 4.79 Å². The Hall–Kier alpha value is -4.13. The van der Waals surface area contributed by atoms with Crippen molar-refractivity contribution >= 4 is 18.1 Å². The molecule has 0 aliphatic rings. The molecule has 33 heavy (non-hydrogen) atoms. The summed E-state index contributed by atoms with van der Waals surface area (Å²) in [7, 11) is 0. The molecule has 0 atom stereocenters. The van der Waals surface area contributed by atoms with Crippen molar-refractivity contribution in [1.29, 1.82) is 0 Å². The van der Waals surface area contributed by atoms with Crippen LogP contribution >= 0.6 is 0 Å². The van der Waals surface area contributed by atoms with Gasteiger partial charge in [0, 0.05) is 0 Å². The zero-order chi connectivity index (χ0) is 23.6. The SMILES string of the molecule is CCOc1cc(/C=N/NC(=O)COc2cccc(C)c2C)ccc1OC(=O)c1ccccc1. The van der Waals surface area contributed by atoms with E-state index in [1.165, 1.54) is 6.21 Å². The molecule has 0 radical (unpaired) electrons. The summed E-state index contributed by atoms with van der Waals surface area (Å²) >= 11 is 0. The number of hydrogen-bond donors (Lipinski definition) is 1. The Balaban J connectivity index is 1.59. The van der Waals surface area contributed by atoms with Gasteiger partial charge in [0.05, 0.1) is 18.4 Å². The molecule has 1 amide bonds. The van der Waals surface area contributed by atoms with Crippen LogP contribution < -0.4 is 19.6 Å². The van der Waals surface area contributed by atoms with Crippen molar-refractivity contribution in [2.45, 2.75) is 20.8 Å². The lowest BCUT2D eigenvalue weighted by Gasteiger charge is -2.11. The van der Waals surface area contributed by atoms with Crippen LogP contribution in [0.15, 0.2) is 71.8 Å². The minimum atomic E-state index is -0.478. The first-order valence-electron chi connectivity index (χ1n) is 10.5. The third kappa shape index (κ3) is 6.67. The van der Waals surface area contributed by atoms with Crippen molar-refractivity contribution in [3.8, 4) is 17.2 Å². The van der Waals surface area contributed by atoms with Crippen molar-refractivity contribution in [2.75, 3.05) is 13.2 Å². The summed E-state index contributed by atoms with van der Waals surface area (Å²) in [4.78, 5) is 24.4. The van der Waals surface area contributed by atoms with Gasteiger partial charge in [0.15, 0.2) is 18.1 Å². The summed E-state index contributed by atoms with van der Waals surface area (Å²) in [5, 5.41) is 3.97. The summed E-state index contributed by atoms with van der Waals surface area (Å²) in [6, 6.07) is 19.4. The van der Waals surface area contributed by atoms with Crippen LogP contribution in [0.4, 0.5) is 0 Å². The Kier molecular flexibility index (Phi) is 8.18. The average Bonchev–Trinajstić information content (AvgIpc) is 2.82. The molecule has 3 rings (SSSR count). The highest BCUT2D eigenvalue weighted by Crippen LogP contribution is 2.29. The number of hydrazone groups is 1. The molecule has 0 fully saturated rings. The van der Waals surface area contributed by atoms with E-state index in [9.17, 15) is 9.59 Å². The lowest BCUT2D eigenvalue weighted by molar-refractivity contribution is -0.123. The monoisotopic (exact) mass is 446 g/mol. The number of nitrogens with one attached hydrogen (secondary N) is 1. The van der Waals surface area contributed by atoms with Gasteiger partial charge in [-0.2, -0.15) is 5.10 Å². The molecule has 0 saturated heterocycles. The number of carbonyl (C=O) groups is 2. The van der Waals surface area contributed by atoms with Gasteiger partial charge in [-0.25, -0.2) is 10.2 Å². The van der Waals surface area contributed by atoms with Crippen molar-refractivity contribution in [3.05, 3.63) is 89.0 Å². The maximum absolute atomic E-state index is 12.3. The van der Waals surface area contributed by atoms with Crippen LogP contribution in [0.5, 0.6) is 17.2 Å². The molecule has 3 aromatic carbocycles. The van der Waals surface area contributed by atoms with E-state index < -0.39 is 5.97 Å². The smallest absolute Gasteiger partial charge is 0.343 e. The molecule has 7 heteroatoms. The number of hydrogen-bond acceptors (Lipinski definition) is 6. The van der Waals surface area contributed by atoms with Crippen molar-refractivity contribution in [1.82, 2.24) is 5.43 Å². The summed E-state index contributed by atoms with van der Waals surface area (Å²) in [6.45, 7) is 6.00. The molecule has 7 nitrogen and oxygen atoms in total. The van der Waals surface area contributed by atoms with E-state index >= 15 is 0 Å². The highest BCUT2D eigenvalue weighted by molar-refractivity contribution is 5.91. The normalized spacial score (nSPS) is 10.6. The quantitative estimate of drug-likeness (QED) is 0.227. The number of ether oxygens (including phenoxy) is 3. The highest BCUT2D eigenvalue weighted by Gasteiger charge is 2.13. The van der Waals surface area contributed by atoms with Gasteiger partial charge >= 0.3 is 5.97 Å². The molecule has 0 bridgehead atoms. The summed E-state index contributed by atoms with van der Waals surface area (Å²) in [5.41, 5.74) is 5.62. The molecule has 0 unspecified atom stereocenters. The zero-order valence-electron chi connectivity index (χ0n) is 18.8. The Morgan fingerprint density at radius 2 is 1.70 bits per heavy atom. The molecule has 0 aromatic heterocycles. The van der Waals surface area contributed by atoms with Gasteiger partial charge < -0.3 is 14.2 Å². The Bertz CT molecular complexity index is 1140. The molecule has 0 aliphatic carbocycles. The van der Waals surface area contributed by atoms with Crippen LogP contribution in [0.25, 0.3) is 0 Å². The van der Waals surface area contributed by atoms with Gasteiger partial charge in [0.2, 0.25) is 0 Å². The predicted molar refractivity (Wildman–Crippen MR) is 126 cm³/mol. The molecule has 3 aromatic rings. The molecule has 0 aliphatic heterocycles. The Labute approximate surface area is 193 Å². The molecule has 0 heterocycles. The molecule has 1 N–H and O–H groups in total. The van der Waals surface area contributed by atoms with E-state index in [2.05, 4.69) is 10.5 Å². The predicted octanol–water partition coefficient (Wildman–Crippen LogP) is 4.45. The number of nitrogens with zero attached hydrogens (tertiary/aromatic N) is 1. The van der Waals surface area contributed by atoms with Crippen LogP contribution in [-0.2, 0) is 4.79 Å². The second kappa shape index (κ2) is 11.5. The molecule has 0 saturated carbocycles. The van der Waals surface area contributed by atoms with Crippen molar-refractivity contribution in [2.24, 2.45) is 5.10 Å². The first kappa shape index (κ1) is 23.5. The van der Waals surface area contributed by atoms with Crippen LogP contribution in [0.3, 0.4) is 0 Å². The van der Waals surface area contributed by atoms with Crippen molar-refractivity contribution in [3.63, 3.8) is 0 Å². The second-order valence-electron chi connectivity index (χ2n) is 7.17. The average molecular weight is 447 g/mol. The number of benzene rings is 3. The van der Waals surface area contributed by atoms with E-state index in [4.69, 9.17) is 14.2 Å². The second-order valence-corrected chi connectivity index (χ2v) is 7.17. The fraction of sp³-hybridized carbons (Fsp3) is 0.192. The first-order chi connectivity index (χ1) is 16.0. The lowest BCUT2D eigenvalue weighted by atomic mass is 10.1. The van der Waals surface area contributed by atoms with E-state index in [-0.39, 0.29) is 12.5 Å². The molecular formula is C26H26N2O5. The van der Waals surface area contributed by atoms with Gasteiger partial charge in [0.1, 0.15) is 5.75 Å². The van der Waals surface area contributed by atoms with Gasteiger partial charge in [-0.15, -0.1) is 0 Å². The minimum absolute atomic E-state index is 0.153. The van der Waals surface area contributed by atoms with E-state index in [1.807, 2.05) is 45.0 Å². The van der Waals surface area contributed by atoms with Crippen LogP contribution in [-0.4, -0.2) is 31.3 Å². The fourth-order valence-electron chi connectivity index (χ4n) is 2.93. The van der Waals surface area contributed by atoms with Gasteiger partial charge in [-0.1, -0.05) is 30.3 Å². The standard InChI is InChI=1S/C26H26N2O5/c1-4-31-24-15-20(13-14-23(24)33-26(30)21-10-6-5-7-11-21)16-27-28-25(29)17-32-22-12-8-9-18(2)19(22)3/h5-16H,4,17H2,1-3H3,(H,28,29)/b27-16+. The fourth-order valence-corrected chi connectivity index (χ4v) is 2.93. The maximum atomic E-state index is 12.3. The van der Waals surface area contributed by atoms with Crippen LogP contribution in [0, 0.1) is 13.8 Å². The van der Waals surface area contributed by atoms with Crippen LogP contribution in [0.1, 0.15) is 34.0 Å². The lowest BCUT2D eigenvalue weighted by Crippen LogP contribution is -2.24. The zero-order valence-corrected chi connectivity index (χ0v) is 18.8. The van der Waals surface area contributed by atoms with Crippen molar-refractivity contribution < 1.29 is 23.8 Å². The Morgan fingerprint density at radius 3 is 2.45 bits per heavy atom. The number of aryl methyl sites for hydroxylation is 1. The van der Waals surface area contributed by atoms with E-state index in [1.54, 1.807) is 42.5 Å². The largest absolute Gasteiger partial charge is 0.490 e. The topological polar surface area (TPSA) is 86.2 Å². The third-order valence-electron chi connectivity index (χ3n) is 4.80. The Morgan fingerprint density at radius 1 is 0.909 bits per heavy atom. The summed E-state index contributed by atoms with van der Waals surface area (Å²) in [6.07, 6.45) is 1.47. The number of rotatable bonds is 9. The molecule has 170 valence electrons. The summed E-state index contributed by atoms with van der Waals surface area (Å²) in [5.74, 6) is 0.500. The number of amides is 1. The summed E-state index contributed by atoms with van der Waals surface area (Å²) < 4.78 is 16.7. The van der Waals surface area contributed by atoms with E-state index in [0.29, 0.717) is 35.0 Å². The van der Waals surface area contributed by atoms with E-state index in [0.717, 1.165) is 11.1 Å². The first-order valence-corrected chi connectivity index (χ1v) is 10.5. The number of carbonyl (C=O) groups excluding carboxylic acids is 2. The minimum Gasteiger partial charge on any atom is -0.490 e. The molecule has 0 spiro atoms. The van der Waals surface area contributed by atoms with Gasteiger partial charge in [-0.05, 0) is 73.9 Å².